The van der Waals surface area contributed by atoms with Gasteiger partial charge in [-0.3, -0.25) is 4.79 Å². The minimum absolute atomic E-state index is 0.0106. The van der Waals surface area contributed by atoms with E-state index in [1.807, 2.05) is 31.3 Å². The lowest BCUT2D eigenvalue weighted by Crippen LogP contribution is -3.08. The molecule has 1 saturated heterocycles. The topological polar surface area (TPSA) is 38.0 Å². The fourth-order valence-electron chi connectivity index (χ4n) is 3.60. The summed E-state index contributed by atoms with van der Waals surface area (Å²) in [7, 11) is 1.97. The molecule has 0 spiro atoms. The lowest BCUT2D eigenvalue weighted by molar-refractivity contribution is -0.901. The molecule has 1 aliphatic rings. The maximum absolute atomic E-state index is 12.3. The Balaban J connectivity index is 1.48. The molecule has 2 aromatic rings. The van der Waals surface area contributed by atoms with E-state index in [-0.39, 0.29) is 5.91 Å². The van der Waals surface area contributed by atoms with Crippen LogP contribution < -0.4 is 15.1 Å². The van der Waals surface area contributed by atoms with Crippen molar-refractivity contribution in [3.8, 4) is 0 Å². The molecule has 144 valence electrons. The first-order valence-electron chi connectivity index (χ1n) is 9.48. The van der Waals surface area contributed by atoms with E-state index in [0.29, 0.717) is 23.1 Å². The number of amides is 1. The Morgan fingerprint density at radius 1 is 1.11 bits per heavy atom. The smallest absolute Gasteiger partial charge is 0.279 e. The van der Waals surface area contributed by atoms with Gasteiger partial charge in [0, 0.05) is 29.7 Å². The number of quaternary nitrogens is 2. The molecule has 2 aromatic carbocycles. The molecule has 0 aliphatic carbocycles. The molecule has 0 bridgehead atoms. The van der Waals surface area contributed by atoms with Crippen LogP contribution in [0.1, 0.15) is 24.0 Å². The predicted octanol–water partition coefficient (Wildman–Crippen LogP) is 1.83. The predicted molar refractivity (Wildman–Crippen MR) is 111 cm³/mol. The lowest BCUT2D eigenvalue weighted by atomic mass is 10.2. The van der Waals surface area contributed by atoms with Crippen LogP contribution in [0.3, 0.4) is 0 Å². The number of benzene rings is 2. The molecular weight excluding hydrogens is 381 g/mol. The van der Waals surface area contributed by atoms with Crippen LogP contribution in [-0.4, -0.2) is 32.6 Å². The molecule has 3 N–H and O–H groups in total. The van der Waals surface area contributed by atoms with Gasteiger partial charge in [0.2, 0.25) is 0 Å². The van der Waals surface area contributed by atoms with E-state index in [9.17, 15) is 4.79 Å². The van der Waals surface area contributed by atoms with Gasteiger partial charge >= 0.3 is 0 Å². The molecule has 1 unspecified atom stereocenters. The molecule has 1 aliphatic heterocycles. The average Bonchev–Trinajstić information content (AvgIpc) is 3.13. The first kappa shape index (κ1) is 20.2. The molecule has 1 heterocycles. The Hall–Kier alpha value is -1.59. The molecule has 4 nitrogen and oxygen atoms in total. The number of likely N-dealkylation sites (N-methyl/N-ethyl adjacent to an activating group) is 1. The lowest BCUT2D eigenvalue weighted by Gasteiger charge is -2.15. The fourth-order valence-corrected chi connectivity index (χ4v) is 3.99. The van der Waals surface area contributed by atoms with Gasteiger partial charge in [0.1, 0.15) is 13.1 Å². The minimum atomic E-state index is -0.0106. The van der Waals surface area contributed by atoms with Crippen molar-refractivity contribution in [3.05, 3.63) is 63.6 Å². The third-order valence-corrected chi connectivity index (χ3v) is 5.85. The highest BCUT2D eigenvalue weighted by molar-refractivity contribution is 6.42. The number of halogens is 2. The molecule has 0 saturated carbocycles. The van der Waals surface area contributed by atoms with Crippen molar-refractivity contribution >= 4 is 34.8 Å². The Bertz CT molecular complexity index is 773. The molecule has 27 heavy (non-hydrogen) atoms. The van der Waals surface area contributed by atoms with Crippen molar-refractivity contribution in [2.45, 2.75) is 25.9 Å². The Morgan fingerprint density at radius 2 is 1.81 bits per heavy atom. The van der Waals surface area contributed by atoms with E-state index < -0.39 is 0 Å². The summed E-state index contributed by atoms with van der Waals surface area (Å²) >= 11 is 12.3. The highest BCUT2D eigenvalue weighted by Crippen LogP contribution is 2.24. The van der Waals surface area contributed by atoms with Crippen LogP contribution >= 0.6 is 23.2 Å². The summed E-state index contributed by atoms with van der Waals surface area (Å²) in [6.07, 6.45) is 2.67. The number of anilines is 1. The van der Waals surface area contributed by atoms with Crippen molar-refractivity contribution in [1.82, 2.24) is 0 Å². The zero-order valence-electron chi connectivity index (χ0n) is 15.7. The summed E-state index contributed by atoms with van der Waals surface area (Å²) in [5.41, 5.74) is 3.11. The first-order chi connectivity index (χ1) is 13.0. The van der Waals surface area contributed by atoms with E-state index in [1.54, 1.807) is 11.0 Å². The quantitative estimate of drug-likeness (QED) is 0.643. The van der Waals surface area contributed by atoms with E-state index in [1.165, 1.54) is 31.5 Å². The second kappa shape index (κ2) is 9.56. The SMILES string of the molecule is C[NH+](CC(=O)Nc1ccc(C[NH+]2CCCC2)cc1)Cc1cccc(Cl)c1Cl. The Morgan fingerprint density at radius 3 is 2.52 bits per heavy atom. The highest BCUT2D eigenvalue weighted by atomic mass is 35.5. The Kier molecular flexibility index (Phi) is 7.13. The van der Waals surface area contributed by atoms with Gasteiger partial charge in [-0.25, -0.2) is 0 Å². The molecule has 1 fully saturated rings. The number of likely N-dealkylation sites (tertiary alicyclic amines) is 1. The standard InChI is InChI=1S/C21H25Cl2N3O/c1-25(14-17-5-4-6-19(22)21(17)23)15-20(27)24-18-9-7-16(8-10-18)13-26-11-2-3-12-26/h4-10H,2-3,11-15H2,1H3,(H,24,27)/p+2. The fraction of sp³-hybridized carbons (Fsp3) is 0.381. The summed E-state index contributed by atoms with van der Waals surface area (Å²) in [6, 6.07) is 13.8. The van der Waals surface area contributed by atoms with Gasteiger partial charge < -0.3 is 15.1 Å². The first-order valence-corrected chi connectivity index (χ1v) is 10.2. The zero-order valence-corrected chi connectivity index (χ0v) is 17.2. The number of rotatable bonds is 7. The van der Waals surface area contributed by atoms with E-state index in [0.717, 1.165) is 22.7 Å². The maximum Gasteiger partial charge on any atom is 0.279 e. The molecule has 6 heteroatoms. The molecule has 1 atom stereocenters. The van der Waals surface area contributed by atoms with Crippen molar-refractivity contribution < 1.29 is 14.6 Å². The van der Waals surface area contributed by atoms with Crippen molar-refractivity contribution in [3.63, 3.8) is 0 Å². The summed E-state index contributed by atoms with van der Waals surface area (Å²) in [6.45, 7) is 4.61. The molecule has 0 aromatic heterocycles. The van der Waals surface area contributed by atoms with Crippen molar-refractivity contribution in [1.29, 1.82) is 0 Å². The number of carbonyl (C=O) groups excluding carboxylic acids is 1. The highest BCUT2D eigenvalue weighted by Gasteiger charge is 2.16. The van der Waals surface area contributed by atoms with Crippen LogP contribution in [0.4, 0.5) is 5.69 Å². The average molecular weight is 408 g/mol. The molecule has 0 radical (unpaired) electrons. The summed E-state index contributed by atoms with van der Waals surface area (Å²) in [5.74, 6) is -0.0106. The number of nitrogens with one attached hydrogen (secondary N) is 3. The third-order valence-electron chi connectivity index (χ3n) is 4.99. The number of carbonyl (C=O) groups is 1. The van der Waals surface area contributed by atoms with Gasteiger partial charge in [-0.2, -0.15) is 0 Å². The number of hydrogen-bond donors (Lipinski definition) is 3. The van der Waals surface area contributed by atoms with Crippen LogP contribution in [0.5, 0.6) is 0 Å². The summed E-state index contributed by atoms with van der Waals surface area (Å²) < 4.78 is 0. The van der Waals surface area contributed by atoms with E-state index in [4.69, 9.17) is 23.2 Å². The van der Waals surface area contributed by atoms with Gasteiger partial charge in [0.25, 0.3) is 5.91 Å². The summed E-state index contributed by atoms with van der Waals surface area (Å²) in [5, 5.41) is 4.09. The molecular formula is C21H27Cl2N3O+2. The van der Waals surface area contributed by atoms with Crippen LogP contribution in [0.15, 0.2) is 42.5 Å². The third kappa shape index (κ3) is 5.94. The van der Waals surface area contributed by atoms with Crippen LogP contribution in [0, 0.1) is 0 Å². The van der Waals surface area contributed by atoms with Gasteiger partial charge in [-0.1, -0.05) is 47.5 Å². The second-order valence-electron chi connectivity index (χ2n) is 7.40. The maximum atomic E-state index is 12.3. The van der Waals surface area contributed by atoms with E-state index in [2.05, 4.69) is 17.4 Å². The van der Waals surface area contributed by atoms with E-state index >= 15 is 0 Å². The second-order valence-corrected chi connectivity index (χ2v) is 8.19. The van der Waals surface area contributed by atoms with Gasteiger partial charge in [0.05, 0.1) is 30.2 Å². The minimum Gasteiger partial charge on any atom is -0.331 e. The monoisotopic (exact) mass is 407 g/mol. The van der Waals surface area contributed by atoms with Gasteiger partial charge in [0.15, 0.2) is 6.54 Å². The van der Waals surface area contributed by atoms with Crippen LogP contribution in [0.2, 0.25) is 10.0 Å². The van der Waals surface area contributed by atoms with Crippen molar-refractivity contribution in [2.24, 2.45) is 0 Å². The molecule has 1 amide bonds. The summed E-state index contributed by atoms with van der Waals surface area (Å²) in [4.78, 5) is 15.0. The normalized spacial score (nSPS) is 15.7. The van der Waals surface area contributed by atoms with Crippen LogP contribution in [-0.2, 0) is 17.9 Å². The largest absolute Gasteiger partial charge is 0.331 e. The van der Waals surface area contributed by atoms with Gasteiger partial charge in [-0.15, -0.1) is 0 Å². The van der Waals surface area contributed by atoms with Gasteiger partial charge in [-0.05, 0) is 18.2 Å². The van der Waals surface area contributed by atoms with Crippen molar-refractivity contribution in [2.75, 3.05) is 32.0 Å². The Labute approximate surface area is 171 Å². The van der Waals surface area contributed by atoms with Crippen LogP contribution in [0.25, 0.3) is 0 Å². The number of hydrogen-bond acceptors (Lipinski definition) is 1. The molecule has 3 rings (SSSR count). The zero-order chi connectivity index (χ0) is 19.2.